The second-order valence-electron chi connectivity index (χ2n) is 5.00. The Balaban J connectivity index is 2.22. The molecule has 2 rings (SSSR count). The number of nitrogens with zero attached hydrogens (tertiary/aromatic N) is 1. The van der Waals surface area contributed by atoms with Crippen LogP contribution in [-0.4, -0.2) is 22.5 Å². The minimum absolute atomic E-state index is 0.0671. The maximum atomic E-state index is 11.1. The summed E-state index contributed by atoms with van der Waals surface area (Å²) in [5, 5.41) is 22.9. The van der Waals surface area contributed by atoms with Crippen molar-refractivity contribution in [1.29, 1.82) is 0 Å². The molecule has 0 radical (unpaired) electrons. The van der Waals surface area contributed by atoms with Crippen LogP contribution >= 0.6 is 0 Å². The number of benzene rings is 1. The Labute approximate surface area is 110 Å². The van der Waals surface area contributed by atoms with Crippen molar-refractivity contribution in [2.45, 2.75) is 26.2 Å². The third-order valence-electron chi connectivity index (χ3n) is 3.81. The van der Waals surface area contributed by atoms with Gasteiger partial charge in [-0.2, -0.15) is 0 Å². The van der Waals surface area contributed by atoms with E-state index < -0.39 is 10.9 Å². The Kier molecular flexibility index (Phi) is 3.42. The van der Waals surface area contributed by atoms with Gasteiger partial charge < -0.3 is 10.4 Å². The van der Waals surface area contributed by atoms with E-state index in [1.54, 1.807) is 0 Å². The summed E-state index contributed by atoms with van der Waals surface area (Å²) < 4.78 is 0. The smallest absolute Gasteiger partial charge is 0.337 e. The highest BCUT2D eigenvalue weighted by atomic mass is 16.6. The van der Waals surface area contributed by atoms with Gasteiger partial charge in [-0.3, -0.25) is 10.1 Å². The van der Waals surface area contributed by atoms with E-state index in [1.165, 1.54) is 18.2 Å². The highest BCUT2D eigenvalue weighted by Crippen LogP contribution is 2.48. The van der Waals surface area contributed by atoms with E-state index in [-0.39, 0.29) is 16.7 Å². The molecule has 0 heterocycles. The van der Waals surface area contributed by atoms with Crippen LogP contribution in [0.3, 0.4) is 0 Å². The number of hydrogen-bond acceptors (Lipinski definition) is 4. The van der Waals surface area contributed by atoms with Crippen LogP contribution in [0.25, 0.3) is 0 Å². The summed E-state index contributed by atoms with van der Waals surface area (Å²) in [5.41, 5.74) is 0.521. The average molecular weight is 264 g/mol. The highest BCUT2D eigenvalue weighted by molar-refractivity contribution is 5.94. The number of anilines is 1. The van der Waals surface area contributed by atoms with Crippen molar-refractivity contribution in [2.75, 3.05) is 11.9 Å². The van der Waals surface area contributed by atoms with Gasteiger partial charge in [-0.25, -0.2) is 4.79 Å². The first-order chi connectivity index (χ1) is 8.97. The summed E-state index contributed by atoms with van der Waals surface area (Å²) in [6.45, 7) is 2.76. The molecule has 6 nitrogen and oxygen atoms in total. The van der Waals surface area contributed by atoms with E-state index in [9.17, 15) is 14.9 Å². The number of nitro groups is 1. The first-order valence-corrected chi connectivity index (χ1v) is 6.23. The number of rotatable bonds is 6. The minimum atomic E-state index is -1.08. The summed E-state index contributed by atoms with van der Waals surface area (Å²) in [5.74, 6) is -1.08. The van der Waals surface area contributed by atoms with E-state index >= 15 is 0 Å². The van der Waals surface area contributed by atoms with Gasteiger partial charge in [0.1, 0.15) is 0 Å². The second-order valence-corrected chi connectivity index (χ2v) is 5.00. The fraction of sp³-hybridized carbons (Fsp3) is 0.462. The third kappa shape index (κ3) is 2.83. The topological polar surface area (TPSA) is 92.5 Å². The Morgan fingerprint density at radius 3 is 2.68 bits per heavy atom. The van der Waals surface area contributed by atoms with Gasteiger partial charge in [-0.1, -0.05) is 6.92 Å². The van der Waals surface area contributed by atoms with E-state index in [1.807, 2.05) is 0 Å². The number of nitrogens with one attached hydrogen (secondary N) is 1. The van der Waals surface area contributed by atoms with Gasteiger partial charge in [0.15, 0.2) is 0 Å². The van der Waals surface area contributed by atoms with Crippen LogP contribution in [0, 0.1) is 15.5 Å². The summed E-state index contributed by atoms with van der Waals surface area (Å²) in [4.78, 5) is 21.3. The standard InChI is InChI=1S/C13H16N2O4/c1-2-13(5-6-13)8-14-11-7-9(15(18)19)3-4-10(11)12(16)17/h3-4,7,14H,2,5-6,8H2,1H3,(H,16,17). The molecule has 6 heteroatoms. The lowest BCUT2D eigenvalue weighted by Gasteiger charge is -2.15. The minimum Gasteiger partial charge on any atom is -0.478 e. The van der Waals surface area contributed by atoms with Crippen LogP contribution in [0.5, 0.6) is 0 Å². The lowest BCUT2D eigenvalue weighted by atomic mass is 10.0. The van der Waals surface area contributed by atoms with Gasteiger partial charge in [0.05, 0.1) is 16.2 Å². The lowest BCUT2D eigenvalue weighted by molar-refractivity contribution is -0.384. The summed E-state index contributed by atoms with van der Waals surface area (Å²) in [6.07, 6.45) is 3.26. The molecule has 0 aliphatic heterocycles. The van der Waals surface area contributed by atoms with Gasteiger partial charge in [0.25, 0.3) is 5.69 Å². The van der Waals surface area contributed by atoms with E-state index in [2.05, 4.69) is 12.2 Å². The predicted octanol–water partition coefficient (Wildman–Crippen LogP) is 2.90. The Morgan fingerprint density at radius 1 is 1.53 bits per heavy atom. The molecule has 0 saturated heterocycles. The molecule has 1 fully saturated rings. The van der Waals surface area contributed by atoms with Gasteiger partial charge in [-0.15, -0.1) is 0 Å². The molecule has 1 saturated carbocycles. The fourth-order valence-electron chi connectivity index (χ4n) is 2.09. The maximum Gasteiger partial charge on any atom is 0.337 e. The monoisotopic (exact) mass is 264 g/mol. The zero-order valence-electron chi connectivity index (χ0n) is 10.7. The van der Waals surface area contributed by atoms with Crippen molar-refractivity contribution in [1.82, 2.24) is 0 Å². The fourth-order valence-corrected chi connectivity index (χ4v) is 2.09. The lowest BCUT2D eigenvalue weighted by Crippen LogP contribution is -2.16. The molecule has 0 bridgehead atoms. The van der Waals surface area contributed by atoms with Crippen LogP contribution in [-0.2, 0) is 0 Å². The summed E-state index contributed by atoms with van der Waals surface area (Å²) >= 11 is 0. The van der Waals surface area contributed by atoms with Gasteiger partial charge in [0.2, 0.25) is 0 Å². The molecule has 102 valence electrons. The Bertz CT molecular complexity index is 523. The van der Waals surface area contributed by atoms with Crippen LogP contribution in [0.15, 0.2) is 18.2 Å². The SMILES string of the molecule is CCC1(CNc2cc([N+](=O)[O-])ccc2C(=O)O)CC1. The Morgan fingerprint density at radius 2 is 2.21 bits per heavy atom. The molecule has 0 amide bonds. The van der Waals surface area contributed by atoms with Crippen molar-refractivity contribution in [3.05, 3.63) is 33.9 Å². The molecular formula is C13H16N2O4. The normalized spacial score (nSPS) is 15.8. The van der Waals surface area contributed by atoms with Crippen molar-refractivity contribution in [3.8, 4) is 0 Å². The largest absolute Gasteiger partial charge is 0.478 e. The molecule has 19 heavy (non-hydrogen) atoms. The molecule has 0 spiro atoms. The molecule has 0 aromatic heterocycles. The number of nitro benzene ring substituents is 1. The number of hydrogen-bond donors (Lipinski definition) is 2. The highest BCUT2D eigenvalue weighted by Gasteiger charge is 2.40. The molecule has 1 aliphatic rings. The molecule has 1 aromatic carbocycles. The molecule has 0 atom stereocenters. The first-order valence-electron chi connectivity index (χ1n) is 6.23. The summed E-state index contributed by atoms with van der Waals surface area (Å²) in [7, 11) is 0. The summed E-state index contributed by atoms with van der Waals surface area (Å²) in [6, 6.07) is 3.77. The molecular weight excluding hydrogens is 248 g/mol. The number of aromatic carboxylic acids is 1. The van der Waals surface area contributed by atoms with Crippen molar-refractivity contribution in [3.63, 3.8) is 0 Å². The van der Waals surface area contributed by atoms with Gasteiger partial charge in [-0.05, 0) is 30.7 Å². The predicted molar refractivity (Wildman–Crippen MR) is 70.5 cm³/mol. The zero-order chi connectivity index (χ0) is 14.0. The van der Waals surface area contributed by atoms with Crippen LogP contribution < -0.4 is 5.32 Å². The number of carbonyl (C=O) groups is 1. The van der Waals surface area contributed by atoms with E-state index in [4.69, 9.17) is 5.11 Å². The Hall–Kier alpha value is -2.11. The van der Waals surface area contributed by atoms with Crippen molar-refractivity contribution >= 4 is 17.3 Å². The van der Waals surface area contributed by atoms with Gasteiger partial charge >= 0.3 is 5.97 Å². The molecule has 2 N–H and O–H groups in total. The van der Waals surface area contributed by atoms with Crippen LogP contribution in [0.2, 0.25) is 0 Å². The second kappa shape index (κ2) is 4.87. The van der Waals surface area contributed by atoms with Crippen LogP contribution in [0.1, 0.15) is 36.5 Å². The molecule has 0 unspecified atom stereocenters. The van der Waals surface area contributed by atoms with E-state index in [0.717, 1.165) is 19.3 Å². The quantitative estimate of drug-likeness (QED) is 0.608. The third-order valence-corrected chi connectivity index (χ3v) is 3.81. The van der Waals surface area contributed by atoms with Gasteiger partial charge in [0, 0.05) is 18.7 Å². The van der Waals surface area contributed by atoms with E-state index in [0.29, 0.717) is 12.2 Å². The average Bonchev–Trinajstić information content (AvgIpc) is 3.16. The zero-order valence-corrected chi connectivity index (χ0v) is 10.7. The first kappa shape index (κ1) is 13.3. The van der Waals surface area contributed by atoms with Crippen LogP contribution in [0.4, 0.5) is 11.4 Å². The molecule has 1 aliphatic carbocycles. The van der Waals surface area contributed by atoms with Crippen molar-refractivity contribution < 1.29 is 14.8 Å². The number of non-ortho nitro benzene ring substituents is 1. The molecule has 1 aromatic rings. The number of carboxylic acid groups (broad SMARTS) is 1. The van der Waals surface area contributed by atoms with Crippen molar-refractivity contribution in [2.24, 2.45) is 5.41 Å². The number of carboxylic acids is 1. The maximum absolute atomic E-state index is 11.1.